The van der Waals surface area contributed by atoms with Gasteiger partial charge in [0.25, 0.3) is 0 Å². The van der Waals surface area contributed by atoms with E-state index >= 15 is 0 Å². The molecule has 0 unspecified atom stereocenters. The third kappa shape index (κ3) is 4.34. The van der Waals surface area contributed by atoms with Gasteiger partial charge in [0.05, 0.1) is 50.2 Å². The highest BCUT2D eigenvalue weighted by molar-refractivity contribution is 5.86. The summed E-state index contributed by atoms with van der Waals surface area (Å²) in [6.07, 6.45) is 4.67. The molecule has 0 bridgehead atoms. The summed E-state index contributed by atoms with van der Waals surface area (Å²) in [5.74, 6) is 0.762. The first-order valence-electron chi connectivity index (χ1n) is 11.2. The van der Waals surface area contributed by atoms with Gasteiger partial charge in [-0.3, -0.25) is 9.30 Å². The lowest BCUT2D eigenvalue weighted by atomic mass is 9.96. The maximum atomic E-state index is 9.19. The highest BCUT2D eigenvalue weighted by atomic mass is 16.5. The molecule has 166 valence electrons. The maximum Gasteiger partial charge on any atom is 0.145 e. The fourth-order valence-electron chi connectivity index (χ4n) is 4.40. The minimum Gasteiger partial charge on any atom is -0.494 e. The van der Waals surface area contributed by atoms with E-state index in [9.17, 15) is 5.26 Å². The predicted octanol–water partition coefficient (Wildman–Crippen LogP) is 4.42. The van der Waals surface area contributed by atoms with Crippen molar-refractivity contribution in [3.8, 4) is 34.2 Å². The van der Waals surface area contributed by atoms with E-state index in [1.807, 2.05) is 36.8 Å². The molecule has 1 aliphatic rings. The Hall–Kier alpha value is -3.66. The molecule has 33 heavy (non-hydrogen) atoms. The Labute approximate surface area is 193 Å². The monoisotopic (exact) mass is 438 g/mol. The van der Waals surface area contributed by atoms with E-state index in [1.54, 1.807) is 7.11 Å². The zero-order valence-electron chi connectivity index (χ0n) is 18.7. The average molecular weight is 439 g/mol. The van der Waals surface area contributed by atoms with Crippen LogP contribution in [0.4, 0.5) is 0 Å². The van der Waals surface area contributed by atoms with E-state index in [-0.39, 0.29) is 0 Å². The average Bonchev–Trinajstić information content (AvgIpc) is 3.37. The van der Waals surface area contributed by atoms with Crippen LogP contribution in [0.5, 0.6) is 5.75 Å². The summed E-state index contributed by atoms with van der Waals surface area (Å²) in [6.45, 7) is 4.73. The second kappa shape index (κ2) is 9.45. The molecule has 0 amide bonds. The van der Waals surface area contributed by atoms with Crippen molar-refractivity contribution in [1.82, 2.24) is 14.3 Å². The van der Waals surface area contributed by atoms with Crippen LogP contribution in [0.1, 0.15) is 11.1 Å². The molecule has 0 saturated carbocycles. The number of nitrogens with zero attached hydrogens (tertiary/aromatic N) is 4. The first kappa shape index (κ1) is 21.2. The van der Waals surface area contributed by atoms with Gasteiger partial charge in [-0.05, 0) is 41.3 Å². The number of pyridine rings is 1. The van der Waals surface area contributed by atoms with Crippen molar-refractivity contribution >= 4 is 5.52 Å². The van der Waals surface area contributed by atoms with Crippen molar-refractivity contribution in [2.24, 2.45) is 0 Å². The third-order valence-corrected chi connectivity index (χ3v) is 6.26. The minimum absolute atomic E-state index is 0.639. The predicted molar refractivity (Wildman–Crippen MR) is 128 cm³/mol. The zero-order valence-corrected chi connectivity index (χ0v) is 18.7. The summed E-state index contributed by atoms with van der Waals surface area (Å²) in [5.41, 5.74) is 7.09. The van der Waals surface area contributed by atoms with Crippen LogP contribution in [0.2, 0.25) is 0 Å². The van der Waals surface area contributed by atoms with Crippen molar-refractivity contribution in [2.75, 3.05) is 40.0 Å². The van der Waals surface area contributed by atoms with Crippen LogP contribution in [-0.4, -0.2) is 54.2 Å². The van der Waals surface area contributed by atoms with Crippen LogP contribution in [-0.2, 0) is 11.2 Å². The number of fused-ring (bicyclic) bond motifs is 1. The number of methoxy groups -OCH3 is 1. The van der Waals surface area contributed by atoms with E-state index in [0.29, 0.717) is 5.56 Å². The van der Waals surface area contributed by atoms with Gasteiger partial charge < -0.3 is 9.47 Å². The number of nitriles is 1. The van der Waals surface area contributed by atoms with Crippen molar-refractivity contribution in [3.05, 3.63) is 78.2 Å². The lowest BCUT2D eigenvalue weighted by molar-refractivity contribution is 0.0384. The van der Waals surface area contributed by atoms with E-state index < -0.39 is 0 Å². The third-order valence-electron chi connectivity index (χ3n) is 6.26. The van der Waals surface area contributed by atoms with Gasteiger partial charge >= 0.3 is 0 Å². The number of hydrogen-bond acceptors (Lipinski definition) is 5. The molecule has 5 rings (SSSR count). The number of hydrogen-bond donors (Lipinski definition) is 0. The van der Waals surface area contributed by atoms with Crippen molar-refractivity contribution in [2.45, 2.75) is 6.42 Å². The molecule has 3 heterocycles. The number of morpholine rings is 1. The highest BCUT2D eigenvalue weighted by Crippen LogP contribution is 2.37. The molecule has 0 spiro atoms. The summed E-state index contributed by atoms with van der Waals surface area (Å²) in [5, 5.41) is 9.19. The van der Waals surface area contributed by atoms with E-state index in [2.05, 4.69) is 50.7 Å². The molecule has 0 aliphatic carbocycles. The largest absolute Gasteiger partial charge is 0.494 e. The van der Waals surface area contributed by atoms with Crippen LogP contribution in [0.15, 0.2) is 67.1 Å². The first-order valence-corrected chi connectivity index (χ1v) is 11.2. The molecule has 1 saturated heterocycles. The molecule has 2 aromatic carbocycles. The number of benzene rings is 2. The number of imidazole rings is 1. The summed E-state index contributed by atoms with van der Waals surface area (Å²) in [6, 6.07) is 20.7. The Morgan fingerprint density at radius 3 is 2.45 bits per heavy atom. The molecule has 2 aromatic heterocycles. The zero-order chi connectivity index (χ0) is 22.6. The van der Waals surface area contributed by atoms with Gasteiger partial charge in [0, 0.05) is 25.2 Å². The fraction of sp³-hybridized carbons (Fsp3) is 0.259. The number of ether oxygens (including phenoxy) is 2. The molecule has 1 fully saturated rings. The fourth-order valence-corrected chi connectivity index (χ4v) is 4.40. The lowest BCUT2D eigenvalue weighted by Crippen LogP contribution is -2.37. The summed E-state index contributed by atoms with van der Waals surface area (Å²) in [7, 11) is 1.67. The van der Waals surface area contributed by atoms with Crippen LogP contribution in [0.25, 0.3) is 27.9 Å². The smallest absolute Gasteiger partial charge is 0.145 e. The van der Waals surface area contributed by atoms with Crippen molar-refractivity contribution in [3.63, 3.8) is 0 Å². The van der Waals surface area contributed by atoms with Gasteiger partial charge in [-0.25, -0.2) is 4.98 Å². The van der Waals surface area contributed by atoms with Crippen LogP contribution >= 0.6 is 0 Å². The van der Waals surface area contributed by atoms with Crippen LogP contribution < -0.4 is 4.74 Å². The molecule has 0 radical (unpaired) electrons. The maximum absolute atomic E-state index is 9.19. The number of rotatable bonds is 6. The molecular formula is C27H26N4O2. The molecule has 0 atom stereocenters. The standard InChI is InChI=1S/C27H26N4O2/c1-32-26-16-24(22-6-4-21(17-28)5-7-22)27(31-19-29-18-25(26)31)23-8-2-20(3-9-23)10-11-30-12-14-33-15-13-30/h2-9,16,18-19H,10-15H2,1H3. The van der Waals surface area contributed by atoms with Crippen molar-refractivity contribution < 1.29 is 9.47 Å². The normalized spacial score (nSPS) is 14.3. The second-order valence-electron chi connectivity index (χ2n) is 8.21. The molecule has 6 nitrogen and oxygen atoms in total. The van der Waals surface area contributed by atoms with E-state index in [4.69, 9.17) is 9.47 Å². The van der Waals surface area contributed by atoms with E-state index in [1.165, 1.54) is 5.56 Å². The Balaban J connectivity index is 1.52. The molecule has 4 aromatic rings. The van der Waals surface area contributed by atoms with Crippen LogP contribution in [0, 0.1) is 11.3 Å². The van der Waals surface area contributed by atoms with Crippen molar-refractivity contribution in [1.29, 1.82) is 5.26 Å². The quantitative estimate of drug-likeness (QED) is 0.446. The van der Waals surface area contributed by atoms with Gasteiger partial charge in [0.2, 0.25) is 0 Å². The molecule has 1 aliphatic heterocycles. The first-order chi connectivity index (χ1) is 16.3. The molecular weight excluding hydrogens is 412 g/mol. The Morgan fingerprint density at radius 2 is 1.76 bits per heavy atom. The molecule has 6 heteroatoms. The Bertz CT molecular complexity index is 1280. The van der Waals surface area contributed by atoms with Gasteiger partial charge in [0.15, 0.2) is 0 Å². The minimum atomic E-state index is 0.639. The molecule has 0 N–H and O–H groups in total. The van der Waals surface area contributed by atoms with Gasteiger partial charge in [-0.15, -0.1) is 0 Å². The topological polar surface area (TPSA) is 62.8 Å². The van der Waals surface area contributed by atoms with Gasteiger partial charge in [-0.2, -0.15) is 5.26 Å². The Kier molecular flexibility index (Phi) is 6.07. The SMILES string of the molecule is COc1cc(-c2ccc(C#N)cc2)c(-c2ccc(CCN3CCOCC3)cc2)n2cncc12. The second-order valence-corrected chi connectivity index (χ2v) is 8.21. The summed E-state index contributed by atoms with van der Waals surface area (Å²) < 4.78 is 13.2. The van der Waals surface area contributed by atoms with E-state index in [0.717, 1.165) is 72.9 Å². The summed E-state index contributed by atoms with van der Waals surface area (Å²) >= 11 is 0. The van der Waals surface area contributed by atoms with Gasteiger partial charge in [-0.1, -0.05) is 36.4 Å². The Morgan fingerprint density at radius 1 is 1.03 bits per heavy atom. The lowest BCUT2D eigenvalue weighted by Gasteiger charge is -2.26. The van der Waals surface area contributed by atoms with Gasteiger partial charge in [0.1, 0.15) is 11.3 Å². The highest BCUT2D eigenvalue weighted by Gasteiger charge is 2.17. The summed E-state index contributed by atoms with van der Waals surface area (Å²) in [4.78, 5) is 6.84. The van der Waals surface area contributed by atoms with Crippen LogP contribution in [0.3, 0.4) is 0 Å². The number of aromatic nitrogens is 2.